The molecule has 1 aromatic heterocycles. The highest BCUT2D eigenvalue weighted by Gasteiger charge is 2.30. The molecule has 2 rings (SSSR count). The summed E-state index contributed by atoms with van der Waals surface area (Å²) in [6.07, 6.45) is -2.83. The summed E-state index contributed by atoms with van der Waals surface area (Å²) in [4.78, 5) is 30.8. The third-order valence-corrected chi connectivity index (χ3v) is 3.95. The first-order valence-electron chi connectivity index (χ1n) is 9.01. The van der Waals surface area contributed by atoms with E-state index in [0.29, 0.717) is 13.1 Å². The van der Waals surface area contributed by atoms with Crippen LogP contribution in [0.15, 0.2) is 42.5 Å². The topological polar surface area (TPSA) is 62.3 Å². The highest BCUT2D eigenvalue weighted by atomic mass is 19.4. The summed E-state index contributed by atoms with van der Waals surface area (Å²) >= 11 is 0. The Kier molecular flexibility index (Phi) is 7.14. The van der Waals surface area contributed by atoms with Gasteiger partial charge in [0.05, 0.1) is 5.56 Å². The maximum Gasteiger partial charge on any atom is 0.416 e. The van der Waals surface area contributed by atoms with Gasteiger partial charge in [-0.1, -0.05) is 19.9 Å². The van der Waals surface area contributed by atoms with Gasteiger partial charge >= 0.3 is 6.18 Å². The number of hydrogen-bond donors (Lipinski definition) is 1. The van der Waals surface area contributed by atoms with Gasteiger partial charge < -0.3 is 10.2 Å². The van der Waals surface area contributed by atoms with E-state index >= 15 is 0 Å². The van der Waals surface area contributed by atoms with E-state index in [0.717, 1.165) is 25.0 Å². The summed E-state index contributed by atoms with van der Waals surface area (Å²) in [5, 5.41) is 2.49. The molecule has 8 heteroatoms. The average molecular weight is 393 g/mol. The van der Waals surface area contributed by atoms with E-state index in [1.165, 1.54) is 24.3 Å². The van der Waals surface area contributed by atoms with Crippen molar-refractivity contribution in [3.05, 3.63) is 59.4 Å². The first-order chi connectivity index (χ1) is 13.3. The second kappa shape index (κ2) is 9.34. The summed E-state index contributed by atoms with van der Waals surface area (Å²) in [5.74, 6) is -0.861. The standard InChI is InChI=1S/C20H22F3N3O2/c1-3-12-26(13-4-2)19(28)17-7-5-6-16(25-17)18(27)24-15-10-8-14(9-11-15)20(21,22)23/h5-11H,3-4,12-13H2,1-2H3,(H,24,27). The largest absolute Gasteiger partial charge is 0.416 e. The number of nitrogens with zero attached hydrogens (tertiary/aromatic N) is 2. The molecule has 0 atom stereocenters. The molecule has 0 fully saturated rings. The summed E-state index contributed by atoms with van der Waals surface area (Å²) < 4.78 is 37.8. The van der Waals surface area contributed by atoms with Crippen molar-refractivity contribution in [2.24, 2.45) is 0 Å². The lowest BCUT2D eigenvalue weighted by Gasteiger charge is -2.21. The predicted molar refractivity (Wildman–Crippen MR) is 100 cm³/mol. The van der Waals surface area contributed by atoms with Gasteiger partial charge in [-0.2, -0.15) is 13.2 Å². The molecule has 1 N–H and O–H groups in total. The first-order valence-corrected chi connectivity index (χ1v) is 9.01. The van der Waals surface area contributed by atoms with Crippen molar-refractivity contribution in [1.29, 1.82) is 0 Å². The highest BCUT2D eigenvalue weighted by molar-refractivity contribution is 6.03. The van der Waals surface area contributed by atoms with Gasteiger partial charge in [0.15, 0.2) is 0 Å². The smallest absolute Gasteiger partial charge is 0.337 e. The molecule has 1 aromatic carbocycles. The number of carbonyl (C=O) groups excluding carboxylic acids is 2. The fourth-order valence-electron chi connectivity index (χ4n) is 2.63. The SMILES string of the molecule is CCCN(CCC)C(=O)c1cccc(C(=O)Nc2ccc(C(F)(F)F)cc2)n1. The van der Waals surface area contributed by atoms with E-state index in [2.05, 4.69) is 10.3 Å². The minimum absolute atomic E-state index is 0.0127. The van der Waals surface area contributed by atoms with E-state index in [9.17, 15) is 22.8 Å². The van der Waals surface area contributed by atoms with Crippen LogP contribution in [0.1, 0.15) is 53.2 Å². The molecule has 2 aromatic rings. The molecular weight excluding hydrogens is 371 g/mol. The van der Waals surface area contributed by atoms with E-state index in [4.69, 9.17) is 0 Å². The number of halogens is 3. The van der Waals surface area contributed by atoms with Gasteiger partial charge in [-0.25, -0.2) is 4.98 Å². The van der Waals surface area contributed by atoms with Gasteiger partial charge in [-0.15, -0.1) is 0 Å². The van der Waals surface area contributed by atoms with Gasteiger partial charge in [-0.3, -0.25) is 9.59 Å². The van der Waals surface area contributed by atoms with Gasteiger partial charge in [0.1, 0.15) is 11.4 Å². The molecule has 0 aliphatic rings. The number of hydrogen-bond acceptors (Lipinski definition) is 3. The molecule has 0 unspecified atom stereocenters. The molecule has 5 nitrogen and oxygen atoms in total. The lowest BCUT2D eigenvalue weighted by Crippen LogP contribution is -2.33. The maximum atomic E-state index is 12.6. The number of pyridine rings is 1. The summed E-state index contributed by atoms with van der Waals surface area (Å²) in [6, 6.07) is 8.64. The van der Waals surface area contributed by atoms with Gasteiger partial charge in [0.25, 0.3) is 11.8 Å². The number of anilines is 1. The summed E-state index contributed by atoms with van der Waals surface area (Å²) in [5.41, 5.74) is -0.432. The number of alkyl halides is 3. The molecule has 0 saturated carbocycles. The number of aromatic nitrogens is 1. The molecule has 1 heterocycles. The van der Waals surface area contributed by atoms with Crippen LogP contribution in [0.5, 0.6) is 0 Å². The Balaban J connectivity index is 2.14. The van der Waals surface area contributed by atoms with Gasteiger partial charge in [0.2, 0.25) is 0 Å². The van der Waals surface area contributed by atoms with Crippen molar-refractivity contribution < 1.29 is 22.8 Å². The monoisotopic (exact) mass is 393 g/mol. The average Bonchev–Trinajstić information content (AvgIpc) is 2.67. The fraction of sp³-hybridized carbons (Fsp3) is 0.350. The number of nitrogens with one attached hydrogen (secondary N) is 1. The Hall–Kier alpha value is -2.90. The van der Waals surface area contributed by atoms with Crippen LogP contribution in [0.25, 0.3) is 0 Å². The van der Waals surface area contributed by atoms with Crippen LogP contribution < -0.4 is 5.32 Å². The summed E-state index contributed by atoms with van der Waals surface area (Å²) in [7, 11) is 0. The van der Waals surface area contributed by atoms with Gasteiger partial charge in [0, 0.05) is 18.8 Å². The van der Waals surface area contributed by atoms with Crippen LogP contribution >= 0.6 is 0 Å². The molecule has 0 spiro atoms. The van der Waals surface area contributed by atoms with Crippen LogP contribution in [0, 0.1) is 0 Å². The molecule has 2 amide bonds. The quantitative estimate of drug-likeness (QED) is 0.747. The molecule has 0 aliphatic heterocycles. The Bertz CT molecular complexity index is 814. The number of rotatable bonds is 7. The minimum Gasteiger partial charge on any atom is -0.337 e. The zero-order chi connectivity index (χ0) is 20.7. The van der Waals surface area contributed by atoms with E-state index in [1.807, 2.05) is 13.8 Å². The lowest BCUT2D eigenvalue weighted by atomic mass is 10.2. The fourth-order valence-corrected chi connectivity index (χ4v) is 2.63. The second-order valence-corrected chi connectivity index (χ2v) is 6.23. The van der Waals surface area contributed by atoms with E-state index < -0.39 is 17.6 Å². The van der Waals surface area contributed by atoms with Crippen molar-refractivity contribution in [1.82, 2.24) is 9.88 Å². The molecule has 0 bridgehead atoms. The van der Waals surface area contributed by atoms with E-state index in [-0.39, 0.29) is 23.0 Å². The number of carbonyl (C=O) groups is 2. The second-order valence-electron chi connectivity index (χ2n) is 6.23. The Morgan fingerprint density at radius 2 is 1.54 bits per heavy atom. The van der Waals surface area contributed by atoms with Crippen molar-refractivity contribution in [3.8, 4) is 0 Å². The first kappa shape index (κ1) is 21.4. The third kappa shape index (κ3) is 5.55. The lowest BCUT2D eigenvalue weighted by molar-refractivity contribution is -0.137. The maximum absolute atomic E-state index is 12.6. The normalized spacial score (nSPS) is 11.2. The molecule has 150 valence electrons. The Labute approximate surface area is 161 Å². The van der Waals surface area contributed by atoms with Crippen molar-refractivity contribution in [3.63, 3.8) is 0 Å². The number of amides is 2. The van der Waals surface area contributed by atoms with Crippen LogP contribution in [-0.2, 0) is 6.18 Å². The van der Waals surface area contributed by atoms with Gasteiger partial charge in [-0.05, 0) is 49.2 Å². The Morgan fingerprint density at radius 1 is 0.964 bits per heavy atom. The molecule has 0 aliphatic carbocycles. The zero-order valence-electron chi connectivity index (χ0n) is 15.7. The van der Waals surface area contributed by atoms with Crippen molar-refractivity contribution in [2.75, 3.05) is 18.4 Å². The Morgan fingerprint density at radius 3 is 2.07 bits per heavy atom. The van der Waals surface area contributed by atoms with E-state index in [1.54, 1.807) is 11.0 Å². The van der Waals surface area contributed by atoms with Crippen molar-refractivity contribution in [2.45, 2.75) is 32.9 Å². The van der Waals surface area contributed by atoms with Crippen LogP contribution in [0.2, 0.25) is 0 Å². The third-order valence-electron chi connectivity index (χ3n) is 3.95. The van der Waals surface area contributed by atoms with Crippen LogP contribution in [-0.4, -0.2) is 34.8 Å². The van der Waals surface area contributed by atoms with Crippen LogP contribution in [0.3, 0.4) is 0 Å². The molecule has 28 heavy (non-hydrogen) atoms. The zero-order valence-corrected chi connectivity index (χ0v) is 15.7. The minimum atomic E-state index is -4.44. The van der Waals surface area contributed by atoms with Crippen molar-refractivity contribution >= 4 is 17.5 Å². The molecule has 0 radical (unpaired) electrons. The molecular formula is C20H22F3N3O2. The number of benzene rings is 1. The molecule has 0 saturated heterocycles. The summed E-state index contributed by atoms with van der Waals surface area (Å²) in [6.45, 7) is 5.13. The van der Waals surface area contributed by atoms with Crippen LogP contribution in [0.4, 0.5) is 18.9 Å². The predicted octanol–water partition coefficient (Wildman–Crippen LogP) is 4.61. The highest BCUT2D eigenvalue weighted by Crippen LogP contribution is 2.29.